The van der Waals surface area contributed by atoms with E-state index in [0.717, 1.165) is 11.1 Å². The number of thioether (sulfide) groups is 1. The van der Waals surface area contributed by atoms with Crippen molar-refractivity contribution in [1.82, 2.24) is 14.9 Å². The maximum Gasteiger partial charge on any atom is 0.234 e. The van der Waals surface area contributed by atoms with E-state index >= 15 is 0 Å². The monoisotopic (exact) mass is 373 g/mol. The fourth-order valence-electron chi connectivity index (χ4n) is 2.26. The van der Waals surface area contributed by atoms with E-state index in [4.69, 9.17) is 17.4 Å². The molecule has 0 aliphatic carbocycles. The Labute approximate surface area is 154 Å². The molecule has 0 saturated heterocycles. The van der Waals surface area contributed by atoms with Crippen molar-refractivity contribution in [2.75, 3.05) is 16.9 Å². The number of aromatic nitrogens is 3. The summed E-state index contributed by atoms with van der Waals surface area (Å²) in [7, 11) is 0. The molecule has 3 N–H and O–H groups in total. The van der Waals surface area contributed by atoms with Gasteiger partial charge in [-0.1, -0.05) is 59.8 Å². The van der Waals surface area contributed by atoms with Gasteiger partial charge in [-0.25, -0.2) is 4.68 Å². The molecule has 6 nitrogen and oxygen atoms in total. The number of anilines is 1. The molecule has 8 heteroatoms. The molecule has 0 aliphatic heterocycles. The number of hydrogen-bond donors (Lipinski definition) is 2. The Kier molecular flexibility index (Phi) is 5.25. The van der Waals surface area contributed by atoms with Crippen molar-refractivity contribution in [2.45, 2.75) is 12.1 Å². The van der Waals surface area contributed by atoms with E-state index in [0.29, 0.717) is 21.7 Å². The largest absolute Gasteiger partial charge is 0.335 e. The highest BCUT2D eigenvalue weighted by molar-refractivity contribution is 7.99. The Morgan fingerprint density at radius 2 is 1.92 bits per heavy atom. The molecule has 128 valence electrons. The third-order valence-electron chi connectivity index (χ3n) is 3.53. The third kappa shape index (κ3) is 3.94. The minimum Gasteiger partial charge on any atom is -0.335 e. The van der Waals surface area contributed by atoms with Crippen LogP contribution in [0.3, 0.4) is 0 Å². The third-order valence-corrected chi connectivity index (χ3v) is 4.80. The van der Waals surface area contributed by atoms with Crippen LogP contribution in [0.25, 0.3) is 11.4 Å². The summed E-state index contributed by atoms with van der Waals surface area (Å²) in [5.41, 5.74) is 2.53. The molecule has 0 radical (unpaired) electrons. The SMILES string of the molecule is Cc1ccccc1-c1nnc(SCC(=O)Nc2ccccc2Cl)n1N. The molecule has 0 saturated carbocycles. The van der Waals surface area contributed by atoms with Crippen LogP contribution in [-0.2, 0) is 4.79 Å². The Bertz CT molecular complexity index is 912. The molecule has 25 heavy (non-hydrogen) atoms. The summed E-state index contributed by atoms with van der Waals surface area (Å²) in [6, 6.07) is 14.8. The normalized spacial score (nSPS) is 10.6. The summed E-state index contributed by atoms with van der Waals surface area (Å²) in [4.78, 5) is 12.1. The quantitative estimate of drug-likeness (QED) is 0.529. The van der Waals surface area contributed by atoms with Crippen LogP contribution in [0.4, 0.5) is 5.69 Å². The molecule has 0 atom stereocenters. The number of hydrogen-bond acceptors (Lipinski definition) is 5. The van der Waals surface area contributed by atoms with E-state index in [1.807, 2.05) is 31.2 Å². The fourth-order valence-corrected chi connectivity index (χ4v) is 3.10. The maximum absolute atomic E-state index is 12.1. The van der Waals surface area contributed by atoms with Crippen molar-refractivity contribution in [2.24, 2.45) is 0 Å². The average Bonchev–Trinajstić information content (AvgIpc) is 2.96. The van der Waals surface area contributed by atoms with Crippen LogP contribution >= 0.6 is 23.4 Å². The summed E-state index contributed by atoms with van der Waals surface area (Å²) in [5, 5.41) is 11.9. The number of benzene rings is 2. The zero-order chi connectivity index (χ0) is 17.8. The highest BCUT2D eigenvalue weighted by Gasteiger charge is 2.15. The Morgan fingerprint density at radius 3 is 2.68 bits per heavy atom. The lowest BCUT2D eigenvalue weighted by Crippen LogP contribution is -2.16. The van der Waals surface area contributed by atoms with E-state index in [-0.39, 0.29) is 11.7 Å². The van der Waals surface area contributed by atoms with Gasteiger partial charge in [-0.2, -0.15) is 0 Å². The maximum atomic E-state index is 12.1. The average molecular weight is 374 g/mol. The molecular weight excluding hydrogens is 358 g/mol. The molecule has 3 aromatic rings. The zero-order valence-electron chi connectivity index (χ0n) is 13.4. The standard InChI is InChI=1S/C17H16ClN5OS/c1-11-6-2-3-7-12(11)16-21-22-17(23(16)19)25-10-15(24)20-14-9-5-4-8-13(14)18/h2-9H,10,19H2,1H3,(H,20,24). The topological polar surface area (TPSA) is 85.8 Å². The molecule has 0 bridgehead atoms. The van der Waals surface area contributed by atoms with Gasteiger partial charge < -0.3 is 11.2 Å². The van der Waals surface area contributed by atoms with E-state index in [9.17, 15) is 4.79 Å². The fraction of sp³-hybridized carbons (Fsp3) is 0.118. The van der Waals surface area contributed by atoms with Crippen molar-refractivity contribution < 1.29 is 4.79 Å². The number of carbonyl (C=O) groups excluding carboxylic acids is 1. The molecule has 0 spiro atoms. The Balaban J connectivity index is 1.67. The minimum atomic E-state index is -0.196. The first-order valence-corrected chi connectivity index (χ1v) is 8.86. The van der Waals surface area contributed by atoms with Crippen molar-refractivity contribution in [3.05, 3.63) is 59.1 Å². The number of rotatable bonds is 5. The first-order chi connectivity index (χ1) is 12.1. The lowest BCUT2D eigenvalue weighted by molar-refractivity contribution is -0.113. The Morgan fingerprint density at radius 1 is 1.20 bits per heavy atom. The molecule has 1 amide bonds. The van der Waals surface area contributed by atoms with Crippen LogP contribution in [0.15, 0.2) is 53.7 Å². The van der Waals surface area contributed by atoms with Crippen molar-refractivity contribution in [3.63, 3.8) is 0 Å². The van der Waals surface area contributed by atoms with Crippen LogP contribution in [0.5, 0.6) is 0 Å². The number of nitrogens with one attached hydrogen (secondary N) is 1. The minimum absolute atomic E-state index is 0.147. The number of amides is 1. The van der Waals surface area contributed by atoms with Crippen LogP contribution in [0, 0.1) is 6.92 Å². The summed E-state index contributed by atoms with van der Waals surface area (Å²) in [6.07, 6.45) is 0. The first-order valence-electron chi connectivity index (χ1n) is 7.50. The van der Waals surface area contributed by atoms with Gasteiger partial charge in [0.1, 0.15) is 0 Å². The van der Waals surface area contributed by atoms with E-state index in [1.54, 1.807) is 24.3 Å². The van der Waals surface area contributed by atoms with Gasteiger partial charge in [0.2, 0.25) is 11.1 Å². The van der Waals surface area contributed by atoms with E-state index in [1.165, 1.54) is 16.4 Å². The number of aryl methyl sites for hydroxylation is 1. The Hall–Kier alpha value is -2.51. The van der Waals surface area contributed by atoms with Crippen LogP contribution < -0.4 is 11.2 Å². The molecule has 0 fully saturated rings. The summed E-state index contributed by atoms with van der Waals surface area (Å²) < 4.78 is 1.40. The number of nitrogen functional groups attached to an aromatic ring is 1. The first kappa shape index (κ1) is 17.3. The lowest BCUT2D eigenvalue weighted by atomic mass is 10.1. The van der Waals surface area contributed by atoms with Crippen molar-refractivity contribution >= 4 is 35.0 Å². The number of carbonyl (C=O) groups is 1. The predicted molar refractivity (Wildman–Crippen MR) is 101 cm³/mol. The van der Waals surface area contributed by atoms with Gasteiger partial charge in [-0.05, 0) is 24.6 Å². The van der Waals surface area contributed by atoms with Gasteiger partial charge in [-0.15, -0.1) is 10.2 Å². The highest BCUT2D eigenvalue weighted by Crippen LogP contribution is 2.25. The summed E-state index contributed by atoms with van der Waals surface area (Å²) in [5.74, 6) is 6.60. The highest BCUT2D eigenvalue weighted by atomic mass is 35.5. The molecule has 0 unspecified atom stereocenters. The van der Waals surface area contributed by atoms with Crippen LogP contribution in [0.2, 0.25) is 5.02 Å². The van der Waals surface area contributed by atoms with Crippen molar-refractivity contribution in [3.8, 4) is 11.4 Å². The second kappa shape index (κ2) is 7.58. The smallest absolute Gasteiger partial charge is 0.234 e. The summed E-state index contributed by atoms with van der Waals surface area (Å²) >= 11 is 7.24. The number of nitrogens with two attached hydrogens (primary N) is 1. The van der Waals surface area contributed by atoms with Gasteiger partial charge in [-0.3, -0.25) is 4.79 Å². The number of nitrogens with zero attached hydrogens (tertiary/aromatic N) is 3. The number of para-hydroxylation sites is 1. The van der Waals surface area contributed by atoms with Crippen LogP contribution in [-0.4, -0.2) is 26.5 Å². The van der Waals surface area contributed by atoms with Gasteiger partial charge in [0.05, 0.1) is 16.5 Å². The molecule has 1 heterocycles. The molecule has 2 aromatic carbocycles. The second-order valence-corrected chi connectivity index (χ2v) is 6.66. The van der Waals surface area contributed by atoms with Gasteiger partial charge in [0.15, 0.2) is 5.82 Å². The van der Waals surface area contributed by atoms with Gasteiger partial charge >= 0.3 is 0 Å². The van der Waals surface area contributed by atoms with E-state index in [2.05, 4.69) is 15.5 Å². The zero-order valence-corrected chi connectivity index (χ0v) is 15.0. The lowest BCUT2D eigenvalue weighted by Gasteiger charge is -2.07. The summed E-state index contributed by atoms with van der Waals surface area (Å²) in [6.45, 7) is 1.98. The molecule has 0 aliphatic rings. The predicted octanol–water partition coefficient (Wildman–Crippen LogP) is 3.35. The molecular formula is C17H16ClN5OS. The van der Waals surface area contributed by atoms with Crippen molar-refractivity contribution in [1.29, 1.82) is 0 Å². The van der Waals surface area contributed by atoms with E-state index < -0.39 is 0 Å². The van der Waals surface area contributed by atoms with Gasteiger partial charge in [0, 0.05) is 5.56 Å². The molecule has 3 rings (SSSR count). The molecule has 1 aromatic heterocycles. The second-order valence-electron chi connectivity index (χ2n) is 5.31. The number of halogens is 1. The van der Waals surface area contributed by atoms with Crippen LogP contribution in [0.1, 0.15) is 5.56 Å². The van der Waals surface area contributed by atoms with Gasteiger partial charge in [0.25, 0.3) is 0 Å².